The molecule has 1 N–H and O–H groups in total. The molecule has 1 atom stereocenters. The van der Waals surface area contributed by atoms with Gasteiger partial charge >= 0.3 is 5.97 Å². The number of amides is 1. The average molecular weight is 289 g/mol. The van der Waals surface area contributed by atoms with Gasteiger partial charge in [0, 0.05) is 12.1 Å². The van der Waals surface area contributed by atoms with Gasteiger partial charge in [-0.05, 0) is 55.9 Å². The first kappa shape index (κ1) is 13.9. The Hall–Kier alpha value is -2.04. The Morgan fingerprint density at radius 2 is 1.90 bits per heavy atom. The summed E-state index contributed by atoms with van der Waals surface area (Å²) in [6, 6.07) is 6.29. The fraction of sp³-hybridized carbons (Fsp3) is 0.500. The first-order valence-corrected chi connectivity index (χ1v) is 7.42. The first-order chi connectivity index (χ1) is 10.1. The van der Waals surface area contributed by atoms with Crippen molar-refractivity contribution in [3.05, 3.63) is 29.8 Å². The highest BCUT2D eigenvalue weighted by Gasteiger charge is 2.34. The second-order valence-electron chi connectivity index (χ2n) is 5.77. The van der Waals surface area contributed by atoms with E-state index in [9.17, 15) is 9.59 Å². The highest BCUT2D eigenvalue weighted by atomic mass is 16.5. The number of ether oxygens (including phenoxy) is 1. The van der Waals surface area contributed by atoms with Gasteiger partial charge in [0.05, 0.1) is 6.61 Å². The summed E-state index contributed by atoms with van der Waals surface area (Å²) < 4.78 is 5.63. The molecule has 1 aliphatic carbocycles. The van der Waals surface area contributed by atoms with Crippen molar-refractivity contribution in [3.8, 4) is 5.75 Å². The Labute approximate surface area is 123 Å². The molecule has 2 aliphatic rings. The van der Waals surface area contributed by atoms with Crippen molar-refractivity contribution in [1.82, 2.24) is 4.90 Å². The Kier molecular flexibility index (Phi) is 3.82. The molecule has 1 amide bonds. The molecule has 2 fully saturated rings. The van der Waals surface area contributed by atoms with Gasteiger partial charge in [-0.2, -0.15) is 0 Å². The molecule has 1 aromatic rings. The summed E-state index contributed by atoms with van der Waals surface area (Å²) in [6.07, 6.45) is 3.75. The van der Waals surface area contributed by atoms with Crippen LogP contribution in [0.2, 0.25) is 0 Å². The number of nitrogens with zero attached hydrogens (tertiary/aromatic N) is 1. The number of carbonyl (C=O) groups is 2. The van der Waals surface area contributed by atoms with Crippen molar-refractivity contribution < 1.29 is 19.4 Å². The van der Waals surface area contributed by atoms with Crippen molar-refractivity contribution in [3.63, 3.8) is 0 Å². The maximum Gasteiger partial charge on any atom is 0.326 e. The summed E-state index contributed by atoms with van der Waals surface area (Å²) in [5.74, 6) is 0.306. The highest BCUT2D eigenvalue weighted by Crippen LogP contribution is 2.29. The molecule has 0 bridgehead atoms. The lowest BCUT2D eigenvalue weighted by Gasteiger charge is -2.21. The maximum atomic E-state index is 12.4. The Balaban J connectivity index is 1.64. The molecule has 21 heavy (non-hydrogen) atoms. The number of likely N-dealkylation sites (tertiary alicyclic amines) is 1. The predicted octanol–water partition coefficient (Wildman–Crippen LogP) is 2.16. The van der Waals surface area contributed by atoms with Crippen molar-refractivity contribution >= 4 is 11.9 Å². The summed E-state index contributed by atoms with van der Waals surface area (Å²) in [6.45, 7) is 1.25. The Morgan fingerprint density at radius 3 is 2.52 bits per heavy atom. The maximum absolute atomic E-state index is 12.4. The van der Waals surface area contributed by atoms with Crippen LogP contribution in [0.5, 0.6) is 5.75 Å². The van der Waals surface area contributed by atoms with Gasteiger partial charge in [-0.1, -0.05) is 0 Å². The number of hydrogen-bond donors (Lipinski definition) is 1. The number of carbonyl (C=O) groups excluding carboxylic acids is 1. The largest absolute Gasteiger partial charge is 0.493 e. The zero-order chi connectivity index (χ0) is 14.8. The lowest BCUT2D eigenvalue weighted by atomic mass is 10.1. The van der Waals surface area contributed by atoms with E-state index in [4.69, 9.17) is 9.84 Å². The molecule has 3 rings (SSSR count). The summed E-state index contributed by atoms with van der Waals surface area (Å²) in [4.78, 5) is 25.0. The molecule has 1 saturated heterocycles. The van der Waals surface area contributed by atoms with Gasteiger partial charge in [-0.15, -0.1) is 0 Å². The van der Waals surface area contributed by atoms with Gasteiger partial charge in [0.2, 0.25) is 0 Å². The minimum Gasteiger partial charge on any atom is -0.493 e. The standard InChI is InChI=1S/C16H19NO4/c18-15(17-9-1-2-14(17)16(19)20)12-5-7-13(8-6-12)21-10-11-3-4-11/h5-8,11,14H,1-4,9-10H2,(H,19,20). The molecular weight excluding hydrogens is 270 g/mol. The first-order valence-electron chi connectivity index (χ1n) is 7.42. The number of aliphatic carboxylic acids is 1. The van der Waals surface area contributed by atoms with Gasteiger partial charge in [0.15, 0.2) is 0 Å². The summed E-state index contributed by atoms with van der Waals surface area (Å²) in [5, 5.41) is 9.14. The molecule has 0 radical (unpaired) electrons. The van der Waals surface area contributed by atoms with Crippen molar-refractivity contribution in [2.75, 3.05) is 13.2 Å². The Bertz CT molecular complexity index is 536. The topological polar surface area (TPSA) is 66.8 Å². The average Bonchev–Trinajstić information content (AvgIpc) is 3.18. The number of carboxylic acid groups (broad SMARTS) is 1. The van der Waals surface area contributed by atoms with Crippen molar-refractivity contribution in [2.45, 2.75) is 31.7 Å². The van der Waals surface area contributed by atoms with E-state index >= 15 is 0 Å². The van der Waals surface area contributed by atoms with E-state index in [0.717, 1.165) is 18.8 Å². The summed E-state index contributed by atoms with van der Waals surface area (Å²) in [5.41, 5.74) is 0.516. The van der Waals surface area contributed by atoms with Crippen LogP contribution in [0.25, 0.3) is 0 Å². The van der Waals surface area contributed by atoms with Crippen LogP contribution < -0.4 is 4.74 Å². The van der Waals surface area contributed by atoms with E-state index in [1.165, 1.54) is 17.7 Å². The van der Waals surface area contributed by atoms with Gasteiger partial charge in [-0.25, -0.2) is 4.79 Å². The van der Waals surface area contributed by atoms with Crippen LogP contribution in [-0.4, -0.2) is 41.1 Å². The third-order valence-electron chi connectivity index (χ3n) is 4.08. The quantitative estimate of drug-likeness (QED) is 0.902. The van der Waals surface area contributed by atoms with Crippen LogP contribution >= 0.6 is 0 Å². The van der Waals surface area contributed by atoms with Crippen LogP contribution in [0.3, 0.4) is 0 Å². The fourth-order valence-corrected chi connectivity index (χ4v) is 2.62. The number of rotatable bonds is 5. The summed E-state index contributed by atoms with van der Waals surface area (Å²) >= 11 is 0. The molecule has 1 aliphatic heterocycles. The smallest absolute Gasteiger partial charge is 0.326 e. The number of benzene rings is 1. The van der Waals surface area contributed by atoms with Crippen molar-refractivity contribution in [2.24, 2.45) is 5.92 Å². The molecular formula is C16H19NO4. The van der Waals surface area contributed by atoms with Gasteiger partial charge in [0.1, 0.15) is 11.8 Å². The van der Waals surface area contributed by atoms with E-state index in [2.05, 4.69) is 0 Å². The van der Waals surface area contributed by atoms with Crippen LogP contribution in [0.15, 0.2) is 24.3 Å². The van der Waals surface area contributed by atoms with E-state index in [-0.39, 0.29) is 5.91 Å². The van der Waals surface area contributed by atoms with Crippen LogP contribution in [-0.2, 0) is 4.79 Å². The Morgan fingerprint density at radius 1 is 1.19 bits per heavy atom. The van der Waals surface area contributed by atoms with Crippen LogP contribution in [0.4, 0.5) is 0 Å². The highest BCUT2D eigenvalue weighted by molar-refractivity contribution is 5.97. The monoisotopic (exact) mass is 289 g/mol. The minimum absolute atomic E-state index is 0.214. The van der Waals surface area contributed by atoms with E-state index < -0.39 is 12.0 Å². The second-order valence-corrected chi connectivity index (χ2v) is 5.77. The SMILES string of the molecule is O=C(O)C1CCCN1C(=O)c1ccc(OCC2CC2)cc1. The molecule has 0 spiro atoms. The van der Waals surface area contributed by atoms with Gasteiger partial charge in [-0.3, -0.25) is 4.79 Å². The zero-order valence-electron chi connectivity index (χ0n) is 11.8. The molecule has 0 aromatic heterocycles. The lowest BCUT2D eigenvalue weighted by Crippen LogP contribution is -2.40. The van der Waals surface area contributed by atoms with E-state index in [0.29, 0.717) is 24.4 Å². The molecule has 1 unspecified atom stereocenters. The third kappa shape index (κ3) is 3.17. The second kappa shape index (κ2) is 5.76. The number of carboxylic acids is 1. The van der Waals surface area contributed by atoms with Gasteiger partial charge in [0.25, 0.3) is 5.91 Å². The number of hydrogen-bond acceptors (Lipinski definition) is 3. The minimum atomic E-state index is -0.926. The van der Waals surface area contributed by atoms with Crippen LogP contribution in [0.1, 0.15) is 36.0 Å². The molecule has 1 aromatic carbocycles. The van der Waals surface area contributed by atoms with E-state index in [1.807, 2.05) is 0 Å². The molecule has 5 heteroatoms. The lowest BCUT2D eigenvalue weighted by molar-refractivity contribution is -0.141. The van der Waals surface area contributed by atoms with E-state index in [1.54, 1.807) is 24.3 Å². The molecule has 1 heterocycles. The normalized spacial score (nSPS) is 21.3. The predicted molar refractivity (Wildman–Crippen MR) is 76.4 cm³/mol. The van der Waals surface area contributed by atoms with Crippen LogP contribution in [0, 0.1) is 5.92 Å². The third-order valence-corrected chi connectivity index (χ3v) is 4.08. The van der Waals surface area contributed by atoms with Gasteiger partial charge < -0.3 is 14.7 Å². The molecule has 1 saturated carbocycles. The molecule has 112 valence electrons. The van der Waals surface area contributed by atoms with Crippen molar-refractivity contribution in [1.29, 1.82) is 0 Å². The zero-order valence-corrected chi connectivity index (χ0v) is 11.8. The molecule has 5 nitrogen and oxygen atoms in total. The summed E-state index contributed by atoms with van der Waals surface area (Å²) in [7, 11) is 0. The fourth-order valence-electron chi connectivity index (χ4n) is 2.62.